The molecule has 3 amide bonds. The standard InChI is InChI=1S/C13H19N3O3/c1-3-19-13(18)16(8-7-14)12(17)15-11-6-4-5-10(2)9-11/h4-6,9H,3,7-8,14H2,1-2H3,(H,15,17). The zero-order valence-corrected chi connectivity index (χ0v) is 11.2. The number of nitrogens with one attached hydrogen (secondary N) is 1. The van der Waals surface area contributed by atoms with E-state index in [9.17, 15) is 9.59 Å². The summed E-state index contributed by atoms with van der Waals surface area (Å²) in [6.45, 7) is 4.09. The van der Waals surface area contributed by atoms with Crippen LogP contribution in [0.2, 0.25) is 0 Å². The number of anilines is 1. The molecule has 1 aromatic rings. The number of aryl methyl sites for hydroxylation is 1. The summed E-state index contributed by atoms with van der Waals surface area (Å²) in [4.78, 5) is 24.6. The second-order valence-corrected chi connectivity index (χ2v) is 3.94. The highest BCUT2D eigenvalue weighted by Gasteiger charge is 2.21. The Balaban J connectivity index is 2.74. The fourth-order valence-electron chi connectivity index (χ4n) is 1.52. The molecule has 0 aromatic heterocycles. The van der Waals surface area contributed by atoms with Crippen LogP contribution in [-0.4, -0.2) is 36.7 Å². The van der Waals surface area contributed by atoms with Gasteiger partial charge in [-0.1, -0.05) is 12.1 Å². The predicted octanol–water partition coefficient (Wildman–Crippen LogP) is 1.94. The van der Waals surface area contributed by atoms with Crippen molar-refractivity contribution in [1.82, 2.24) is 4.90 Å². The van der Waals surface area contributed by atoms with E-state index < -0.39 is 12.1 Å². The zero-order valence-electron chi connectivity index (χ0n) is 11.2. The van der Waals surface area contributed by atoms with Crippen molar-refractivity contribution < 1.29 is 14.3 Å². The number of rotatable bonds is 4. The van der Waals surface area contributed by atoms with Gasteiger partial charge >= 0.3 is 12.1 Å². The Labute approximate surface area is 112 Å². The van der Waals surface area contributed by atoms with E-state index in [4.69, 9.17) is 10.5 Å². The number of benzene rings is 1. The summed E-state index contributed by atoms with van der Waals surface area (Å²) in [6.07, 6.45) is -0.696. The minimum absolute atomic E-state index is 0.108. The maximum Gasteiger partial charge on any atom is 0.418 e. The minimum atomic E-state index is -0.696. The molecule has 1 rings (SSSR count). The predicted molar refractivity (Wildman–Crippen MR) is 73.0 cm³/mol. The molecule has 6 nitrogen and oxygen atoms in total. The van der Waals surface area contributed by atoms with E-state index in [-0.39, 0.29) is 19.7 Å². The van der Waals surface area contributed by atoms with Crippen molar-refractivity contribution >= 4 is 17.8 Å². The lowest BCUT2D eigenvalue weighted by Crippen LogP contribution is -2.43. The van der Waals surface area contributed by atoms with Crippen LogP contribution in [0.5, 0.6) is 0 Å². The summed E-state index contributed by atoms with van der Waals surface area (Å²) in [7, 11) is 0. The molecular weight excluding hydrogens is 246 g/mol. The van der Waals surface area contributed by atoms with Crippen LogP contribution in [-0.2, 0) is 4.74 Å². The first-order valence-corrected chi connectivity index (χ1v) is 6.10. The smallest absolute Gasteiger partial charge is 0.418 e. The van der Waals surface area contributed by atoms with E-state index in [1.807, 2.05) is 25.1 Å². The molecule has 0 unspecified atom stereocenters. The van der Waals surface area contributed by atoms with Gasteiger partial charge in [0.1, 0.15) is 0 Å². The average Bonchev–Trinajstić information content (AvgIpc) is 2.36. The molecule has 0 heterocycles. The van der Waals surface area contributed by atoms with E-state index in [1.165, 1.54) is 0 Å². The van der Waals surface area contributed by atoms with Crippen molar-refractivity contribution in [3.05, 3.63) is 29.8 Å². The maximum atomic E-state index is 12.0. The van der Waals surface area contributed by atoms with E-state index in [0.717, 1.165) is 10.5 Å². The highest BCUT2D eigenvalue weighted by atomic mass is 16.6. The zero-order chi connectivity index (χ0) is 14.3. The van der Waals surface area contributed by atoms with E-state index in [1.54, 1.807) is 13.0 Å². The first kappa shape index (κ1) is 15.0. The molecule has 6 heteroatoms. The van der Waals surface area contributed by atoms with Crippen LogP contribution >= 0.6 is 0 Å². The SMILES string of the molecule is CCOC(=O)N(CCN)C(=O)Nc1cccc(C)c1. The van der Waals surface area contributed by atoms with Gasteiger partial charge in [0.15, 0.2) is 0 Å². The summed E-state index contributed by atoms with van der Waals surface area (Å²) in [6, 6.07) is 6.75. The number of imide groups is 1. The number of nitrogens with zero attached hydrogens (tertiary/aromatic N) is 1. The second kappa shape index (κ2) is 7.38. The van der Waals surface area contributed by atoms with Crippen LogP contribution in [0, 0.1) is 6.92 Å². The van der Waals surface area contributed by atoms with Crippen LogP contribution in [0.4, 0.5) is 15.3 Å². The maximum absolute atomic E-state index is 12.0. The first-order chi connectivity index (χ1) is 9.08. The Morgan fingerprint density at radius 1 is 1.42 bits per heavy atom. The molecule has 0 aliphatic carbocycles. The van der Waals surface area contributed by atoms with Gasteiger partial charge in [-0.25, -0.2) is 14.5 Å². The van der Waals surface area contributed by atoms with Crippen molar-refractivity contribution in [2.24, 2.45) is 5.73 Å². The second-order valence-electron chi connectivity index (χ2n) is 3.94. The highest BCUT2D eigenvalue weighted by Crippen LogP contribution is 2.10. The molecule has 0 saturated heterocycles. The largest absolute Gasteiger partial charge is 0.449 e. The molecule has 0 bridgehead atoms. The number of urea groups is 1. The fourth-order valence-corrected chi connectivity index (χ4v) is 1.52. The number of hydrogen-bond acceptors (Lipinski definition) is 4. The molecule has 3 N–H and O–H groups in total. The van der Waals surface area contributed by atoms with Gasteiger partial charge in [0.25, 0.3) is 0 Å². The molecule has 104 valence electrons. The molecule has 1 aromatic carbocycles. The van der Waals surface area contributed by atoms with Gasteiger partial charge in [0.2, 0.25) is 0 Å². The highest BCUT2D eigenvalue weighted by molar-refractivity contribution is 5.99. The van der Waals surface area contributed by atoms with Crippen LogP contribution in [0.1, 0.15) is 12.5 Å². The number of amides is 3. The summed E-state index contributed by atoms with van der Waals surface area (Å²) in [5.74, 6) is 0. The molecule has 0 spiro atoms. The topological polar surface area (TPSA) is 84.7 Å². The summed E-state index contributed by atoms with van der Waals surface area (Å²) in [5, 5.41) is 2.64. The molecule has 19 heavy (non-hydrogen) atoms. The number of carbonyl (C=O) groups is 2. The quantitative estimate of drug-likeness (QED) is 0.871. The third kappa shape index (κ3) is 4.59. The minimum Gasteiger partial charge on any atom is -0.449 e. The molecule has 0 fully saturated rings. The number of ether oxygens (including phenoxy) is 1. The fraction of sp³-hybridized carbons (Fsp3) is 0.385. The first-order valence-electron chi connectivity index (χ1n) is 6.10. The third-order valence-electron chi connectivity index (χ3n) is 2.36. The average molecular weight is 265 g/mol. The normalized spacial score (nSPS) is 9.84. The molecule has 0 aliphatic rings. The van der Waals surface area contributed by atoms with Gasteiger partial charge in [0, 0.05) is 18.8 Å². The molecule has 0 aliphatic heterocycles. The van der Waals surface area contributed by atoms with Crippen molar-refractivity contribution in [3.63, 3.8) is 0 Å². The Bertz CT molecular complexity index is 449. The number of hydrogen-bond donors (Lipinski definition) is 2. The molecule has 0 atom stereocenters. The number of nitrogens with two attached hydrogens (primary N) is 1. The molecular formula is C13H19N3O3. The van der Waals surface area contributed by atoms with E-state index in [2.05, 4.69) is 5.32 Å². The summed E-state index contributed by atoms with van der Waals surface area (Å²) < 4.78 is 4.81. The van der Waals surface area contributed by atoms with Gasteiger partial charge < -0.3 is 15.8 Å². The lowest BCUT2D eigenvalue weighted by molar-refractivity contribution is 0.118. The lowest BCUT2D eigenvalue weighted by Gasteiger charge is -2.19. The van der Waals surface area contributed by atoms with Crippen LogP contribution < -0.4 is 11.1 Å². The number of carbonyl (C=O) groups excluding carboxylic acids is 2. The van der Waals surface area contributed by atoms with Gasteiger partial charge in [-0.05, 0) is 31.5 Å². The third-order valence-corrected chi connectivity index (χ3v) is 2.36. The molecule has 0 saturated carbocycles. The Kier molecular flexibility index (Phi) is 5.81. The van der Waals surface area contributed by atoms with Crippen molar-refractivity contribution in [2.45, 2.75) is 13.8 Å². The summed E-state index contributed by atoms with van der Waals surface area (Å²) >= 11 is 0. The molecule has 0 radical (unpaired) electrons. The Morgan fingerprint density at radius 2 is 2.16 bits per heavy atom. The summed E-state index contributed by atoms with van der Waals surface area (Å²) in [5.41, 5.74) is 7.02. The van der Waals surface area contributed by atoms with Crippen molar-refractivity contribution in [1.29, 1.82) is 0 Å². The van der Waals surface area contributed by atoms with E-state index in [0.29, 0.717) is 5.69 Å². The monoisotopic (exact) mass is 265 g/mol. The van der Waals surface area contributed by atoms with Gasteiger partial charge in [-0.15, -0.1) is 0 Å². The van der Waals surface area contributed by atoms with Crippen LogP contribution in [0.15, 0.2) is 24.3 Å². The van der Waals surface area contributed by atoms with Gasteiger partial charge in [-0.3, -0.25) is 0 Å². The van der Waals surface area contributed by atoms with Gasteiger partial charge in [-0.2, -0.15) is 0 Å². The van der Waals surface area contributed by atoms with Crippen molar-refractivity contribution in [3.8, 4) is 0 Å². The Hall–Kier alpha value is -2.08. The Morgan fingerprint density at radius 3 is 2.74 bits per heavy atom. The van der Waals surface area contributed by atoms with Crippen molar-refractivity contribution in [2.75, 3.05) is 25.0 Å². The lowest BCUT2D eigenvalue weighted by atomic mass is 10.2. The van der Waals surface area contributed by atoms with E-state index >= 15 is 0 Å². The van der Waals surface area contributed by atoms with Gasteiger partial charge in [0.05, 0.1) is 6.61 Å². The van der Waals surface area contributed by atoms with Crippen LogP contribution in [0.3, 0.4) is 0 Å². The van der Waals surface area contributed by atoms with Crippen LogP contribution in [0.25, 0.3) is 0 Å².